The van der Waals surface area contributed by atoms with Gasteiger partial charge in [-0.3, -0.25) is 4.98 Å². The van der Waals surface area contributed by atoms with E-state index in [4.69, 9.17) is 10.7 Å². The fraction of sp³-hybridized carbons (Fsp3) is 0.161. The van der Waals surface area contributed by atoms with Crippen molar-refractivity contribution in [3.05, 3.63) is 138 Å². The molecule has 5 nitrogen and oxygen atoms in total. The first-order valence-corrected chi connectivity index (χ1v) is 12.1. The molecule has 2 heterocycles. The van der Waals surface area contributed by atoms with Gasteiger partial charge in [-0.05, 0) is 61.8 Å². The van der Waals surface area contributed by atoms with Gasteiger partial charge in [0.25, 0.3) is 0 Å². The molecule has 0 amide bonds. The minimum Gasteiger partial charge on any atom is -0.398 e. The first-order chi connectivity index (χ1) is 17.8. The van der Waals surface area contributed by atoms with Crippen LogP contribution in [0.25, 0.3) is 11.1 Å². The fourth-order valence-corrected chi connectivity index (χ4v) is 3.93. The van der Waals surface area contributed by atoms with Crippen LogP contribution >= 0.6 is 0 Å². The molecule has 0 saturated carbocycles. The maximum atomic E-state index is 15.1. The van der Waals surface area contributed by atoms with Gasteiger partial charge in [-0.1, -0.05) is 51.0 Å². The van der Waals surface area contributed by atoms with E-state index in [0.717, 1.165) is 51.7 Å². The van der Waals surface area contributed by atoms with Crippen LogP contribution < -0.4 is 11.1 Å². The van der Waals surface area contributed by atoms with E-state index in [9.17, 15) is 0 Å². The number of halogens is 1. The van der Waals surface area contributed by atoms with Crippen LogP contribution in [0.2, 0.25) is 0 Å². The van der Waals surface area contributed by atoms with Crippen molar-refractivity contribution >= 4 is 16.8 Å². The molecular formula is C31H34FN5. The highest BCUT2D eigenvalue weighted by atomic mass is 19.1. The van der Waals surface area contributed by atoms with E-state index in [-0.39, 0.29) is 0 Å². The number of aromatic amines is 1. The zero-order chi connectivity index (χ0) is 26.9. The Hall–Kier alpha value is -4.45. The molecule has 0 aliphatic rings. The lowest BCUT2D eigenvalue weighted by molar-refractivity contribution is 0.624. The first kappa shape index (κ1) is 27.1. The lowest BCUT2D eigenvalue weighted by Gasteiger charge is -2.13. The second-order valence-electron chi connectivity index (χ2n) is 8.55. The number of nitrogen functional groups attached to an aromatic ring is 1. The van der Waals surface area contributed by atoms with Crippen LogP contribution in [0.3, 0.4) is 0 Å². The summed E-state index contributed by atoms with van der Waals surface area (Å²) in [6, 6.07) is 7.01. The Balaban J connectivity index is 1.98. The number of nitrogens with zero attached hydrogens (tertiary/aromatic N) is 2. The summed E-state index contributed by atoms with van der Waals surface area (Å²) in [5.74, 6) is 0.327. The van der Waals surface area contributed by atoms with Crippen molar-refractivity contribution in [3.63, 3.8) is 0 Å². The minimum atomic E-state index is -0.396. The number of nitrogens with one attached hydrogen (secondary N) is 2. The molecule has 3 rings (SSSR count). The average molecular weight is 496 g/mol. The summed E-state index contributed by atoms with van der Waals surface area (Å²) >= 11 is 0. The highest BCUT2D eigenvalue weighted by Crippen LogP contribution is 2.29. The number of rotatable bonds is 11. The number of allylic oxidation sites excluding steroid dienone is 7. The molecule has 2 aromatic heterocycles. The van der Waals surface area contributed by atoms with E-state index in [2.05, 4.69) is 35.0 Å². The molecule has 0 saturated heterocycles. The third-order valence-corrected chi connectivity index (χ3v) is 5.93. The van der Waals surface area contributed by atoms with E-state index in [1.807, 2.05) is 51.1 Å². The summed E-state index contributed by atoms with van der Waals surface area (Å²) in [7, 11) is 0. The molecule has 0 aliphatic heterocycles. The molecule has 37 heavy (non-hydrogen) atoms. The van der Waals surface area contributed by atoms with E-state index < -0.39 is 5.82 Å². The normalized spacial score (nSPS) is 12.4. The number of benzene rings is 1. The molecule has 3 aromatic rings. The Bertz CT molecular complexity index is 1390. The minimum absolute atomic E-state index is 0.367. The van der Waals surface area contributed by atoms with Gasteiger partial charge in [0.2, 0.25) is 0 Å². The third-order valence-electron chi connectivity index (χ3n) is 5.93. The van der Waals surface area contributed by atoms with Gasteiger partial charge < -0.3 is 16.0 Å². The van der Waals surface area contributed by atoms with Crippen molar-refractivity contribution in [2.45, 2.75) is 33.6 Å². The second-order valence-corrected chi connectivity index (χ2v) is 8.55. The van der Waals surface area contributed by atoms with Crippen LogP contribution in [0.1, 0.15) is 54.2 Å². The molecule has 0 bridgehead atoms. The van der Waals surface area contributed by atoms with Gasteiger partial charge in [-0.25, -0.2) is 9.37 Å². The van der Waals surface area contributed by atoms with Crippen LogP contribution in [-0.4, -0.2) is 15.0 Å². The Morgan fingerprint density at radius 3 is 2.68 bits per heavy atom. The number of aryl methyl sites for hydroxylation is 1. The molecule has 4 N–H and O–H groups in total. The lowest BCUT2D eigenvalue weighted by Crippen LogP contribution is -2.10. The van der Waals surface area contributed by atoms with Gasteiger partial charge in [0.15, 0.2) is 0 Å². The number of H-pyrrole nitrogens is 1. The van der Waals surface area contributed by atoms with Gasteiger partial charge in [0.1, 0.15) is 11.6 Å². The molecule has 0 atom stereocenters. The van der Waals surface area contributed by atoms with Crippen LogP contribution in [0.15, 0.2) is 98.2 Å². The molecule has 0 fully saturated rings. The maximum absolute atomic E-state index is 15.1. The predicted octanol–water partition coefficient (Wildman–Crippen LogP) is 7.03. The summed E-state index contributed by atoms with van der Waals surface area (Å²) in [5, 5.41) is 3.21. The summed E-state index contributed by atoms with van der Waals surface area (Å²) in [4.78, 5) is 12.4. The maximum Gasteiger partial charge on any atom is 0.133 e. The summed E-state index contributed by atoms with van der Waals surface area (Å²) in [5.41, 5.74) is 13.7. The number of imidazole rings is 1. The van der Waals surface area contributed by atoms with Crippen molar-refractivity contribution in [2.75, 3.05) is 5.73 Å². The molecular weight excluding hydrogens is 461 g/mol. The van der Waals surface area contributed by atoms with Crippen LogP contribution in [-0.2, 0) is 6.42 Å². The highest BCUT2D eigenvalue weighted by molar-refractivity contribution is 5.80. The quantitative estimate of drug-likeness (QED) is 0.197. The Morgan fingerprint density at radius 2 is 2.05 bits per heavy atom. The summed E-state index contributed by atoms with van der Waals surface area (Å²) < 4.78 is 15.1. The molecule has 6 heteroatoms. The fourth-order valence-electron chi connectivity index (χ4n) is 3.93. The Labute approximate surface area is 218 Å². The standard InChI is InChI=1S/C31H34FN5/c1-7-12-26(23-13-11-14-34-19-23)31-21(6)36-30(37-31)17-24-16-27(28(32)18-29(24)33)22(9-3)15-25(10-4)35-20(5)8-2/h7,9-16,18-19,35H,1,4-5,8,17,33H2,2-3,6H3,(H,36,37)/b22-9+,25-15+,26-12-. The first-order valence-electron chi connectivity index (χ1n) is 12.1. The van der Waals surface area contributed by atoms with Gasteiger partial charge in [0, 0.05) is 58.3 Å². The lowest BCUT2D eigenvalue weighted by atomic mass is 9.98. The summed E-state index contributed by atoms with van der Waals surface area (Å²) in [6.07, 6.45) is 13.7. The zero-order valence-corrected chi connectivity index (χ0v) is 21.7. The number of aromatic nitrogens is 3. The van der Waals surface area contributed by atoms with Crippen molar-refractivity contribution in [2.24, 2.45) is 0 Å². The van der Waals surface area contributed by atoms with E-state index >= 15 is 4.39 Å². The highest BCUT2D eigenvalue weighted by Gasteiger charge is 2.16. The van der Waals surface area contributed by atoms with Gasteiger partial charge in [0.05, 0.1) is 5.69 Å². The van der Waals surface area contributed by atoms with Crippen LogP contribution in [0.5, 0.6) is 0 Å². The molecule has 0 unspecified atom stereocenters. The topological polar surface area (TPSA) is 79.6 Å². The summed E-state index contributed by atoms with van der Waals surface area (Å²) in [6.45, 7) is 17.5. The van der Waals surface area contributed by atoms with Gasteiger partial charge in [-0.2, -0.15) is 0 Å². The SMILES string of the molecule is C=C/C=C(/c1cccnc1)c1nc(Cc2cc(C(/C=C(\C=C)NC(=C)CC)=C/C)c(F)cc2N)[nH]c1C. The smallest absolute Gasteiger partial charge is 0.133 e. The number of pyridine rings is 1. The monoisotopic (exact) mass is 495 g/mol. The zero-order valence-electron chi connectivity index (χ0n) is 21.7. The molecule has 1 aromatic carbocycles. The number of hydrogen-bond donors (Lipinski definition) is 3. The molecule has 190 valence electrons. The largest absolute Gasteiger partial charge is 0.398 e. The van der Waals surface area contributed by atoms with Gasteiger partial charge >= 0.3 is 0 Å². The van der Waals surface area contributed by atoms with E-state index in [0.29, 0.717) is 23.2 Å². The van der Waals surface area contributed by atoms with E-state index in [1.54, 1.807) is 30.6 Å². The van der Waals surface area contributed by atoms with Crippen molar-refractivity contribution in [1.29, 1.82) is 0 Å². The number of anilines is 1. The van der Waals surface area contributed by atoms with Crippen molar-refractivity contribution in [3.8, 4) is 0 Å². The molecule has 0 radical (unpaired) electrons. The Kier molecular flexibility index (Phi) is 9.16. The van der Waals surface area contributed by atoms with Crippen molar-refractivity contribution in [1.82, 2.24) is 20.3 Å². The average Bonchev–Trinajstić information content (AvgIpc) is 3.26. The molecule has 0 aliphatic carbocycles. The van der Waals surface area contributed by atoms with E-state index in [1.165, 1.54) is 6.07 Å². The number of nitrogens with two attached hydrogens (primary N) is 1. The number of hydrogen-bond acceptors (Lipinski definition) is 4. The Morgan fingerprint density at radius 1 is 1.27 bits per heavy atom. The molecule has 0 spiro atoms. The van der Waals surface area contributed by atoms with Gasteiger partial charge in [-0.15, -0.1) is 0 Å². The van der Waals surface area contributed by atoms with Crippen LogP contribution in [0, 0.1) is 12.7 Å². The predicted molar refractivity (Wildman–Crippen MR) is 153 cm³/mol. The van der Waals surface area contributed by atoms with Crippen LogP contribution in [0.4, 0.5) is 10.1 Å². The van der Waals surface area contributed by atoms with Crippen molar-refractivity contribution < 1.29 is 4.39 Å². The second kappa shape index (κ2) is 12.5. The third kappa shape index (κ3) is 6.61.